The summed E-state index contributed by atoms with van der Waals surface area (Å²) in [5.74, 6) is 0. The first-order chi connectivity index (χ1) is 6.22. The van der Waals surface area contributed by atoms with Crippen molar-refractivity contribution in [3.63, 3.8) is 0 Å². The van der Waals surface area contributed by atoms with Crippen molar-refractivity contribution in [2.45, 2.75) is 5.16 Å². The van der Waals surface area contributed by atoms with Gasteiger partial charge in [0, 0.05) is 7.05 Å². The lowest BCUT2D eigenvalue weighted by molar-refractivity contribution is 0.807. The van der Waals surface area contributed by atoms with Gasteiger partial charge in [0.15, 0.2) is 10.8 Å². The first-order valence-corrected chi connectivity index (χ1v) is 5.77. The van der Waals surface area contributed by atoms with Crippen molar-refractivity contribution < 1.29 is 0 Å². The summed E-state index contributed by atoms with van der Waals surface area (Å²) in [6.07, 6.45) is 2.01. The molecular weight excluding hydrogens is 250 g/mol. The van der Waals surface area contributed by atoms with Crippen LogP contribution in [0.25, 0.3) is 11.2 Å². The van der Waals surface area contributed by atoms with Crippen LogP contribution in [0.3, 0.4) is 0 Å². The van der Waals surface area contributed by atoms with E-state index in [9.17, 15) is 0 Å². The number of hydrogen-bond acceptors (Lipinski definition) is 3. The van der Waals surface area contributed by atoms with Crippen molar-refractivity contribution in [3.05, 3.63) is 16.7 Å². The number of hydrogen-bond donors (Lipinski definition) is 0. The van der Waals surface area contributed by atoms with E-state index in [-0.39, 0.29) is 0 Å². The summed E-state index contributed by atoms with van der Waals surface area (Å²) in [7, 11) is 1.97. The van der Waals surface area contributed by atoms with E-state index in [0.29, 0.717) is 0 Å². The highest BCUT2D eigenvalue weighted by Crippen LogP contribution is 2.20. The number of fused-ring (bicyclic) bond motifs is 1. The minimum absolute atomic E-state index is 0.843. The predicted molar refractivity (Wildman–Crippen MR) is 58.0 cm³/mol. The Bertz CT molecular complexity index is 452. The number of thioether (sulfide) groups is 1. The fourth-order valence-electron chi connectivity index (χ4n) is 1.20. The topological polar surface area (TPSA) is 30.7 Å². The molecule has 0 unspecified atom stereocenters. The molecule has 0 amide bonds. The van der Waals surface area contributed by atoms with Gasteiger partial charge in [0.25, 0.3) is 0 Å². The van der Waals surface area contributed by atoms with Crippen LogP contribution in [0, 0.1) is 0 Å². The van der Waals surface area contributed by atoms with E-state index in [1.165, 1.54) is 0 Å². The van der Waals surface area contributed by atoms with Gasteiger partial charge in [-0.25, -0.2) is 9.97 Å². The lowest BCUT2D eigenvalue weighted by atomic mass is 10.4. The minimum atomic E-state index is 0.843. The molecule has 3 nitrogen and oxygen atoms in total. The van der Waals surface area contributed by atoms with E-state index >= 15 is 0 Å². The fourth-order valence-corrected chi connectivity index (χ4v) is 2.05. The molecule has 0 aliphatic heterocycles. The maximum Gasteiger partial charge on any atom is 0.169 e. The molecule has 2 heterocycles. The first-order valence-electron chi connectivity index (χ1n) is 3.75. The second-order valence-corrected chi connectivity index (χ2v) is 4.22. The van der Waals surface area contributed by atoms with Crippen LogP contribution >= 0.6 is 27.7 Å². The van der Waals surface area contributed by atoms with E-state index < -0.39 is 0 Å². The predicted octanol–water partition coefficient (Wildman–Crippen LogP) is 2.45. The molecule has 0 saturated heterocycles. The number of rotatable bonds is 1. The third kappa shape index (κ3) is 1.46. The Balaban J connectivity index is 2.77. The third-order valence-corrected chi connectivity index (χ3v) is 3.00. The smallest absolute Gasteiger partial charge is 0.169 e. The lowest BCUT2D eigenvalue weighted by Gasteiger charge is -1.96. The van der Waals surface area contributed by atoms with Gasteiger partial charge < -0.3 is 4.57 Å². The van der Waals surface area contributed by atoms with E-state index in [1.54, 1.807) is 11.8 Å². The van der Waals surface area contributed by atoms with Gasteiger partial charge in [0.2, 0.25) is 0 Å². The molecule has 0 radical (unpaired) electrons. The van der Waals surface area contributed by atoms with Crippen molar-refractivity contribution in [1.29, 1.82) is 0 Å². The van der Waals surface area contributed by atoms with Gasteiger partial charge in [-0.3, -0.25) is 0 Å². The van der Waals surface area contributed by atoms with Crippen LogP contribution in [0.15, 0.2) is 21.9 Å². The number of aryl methyl sites for hydroxylation is 1. The molecule has 5 heteroatoms. The lowest BCUT2D eigenvalue weighted by Crippen LogP contribution is -1.91. The van der Waals surface area contributed by atoms with Crippen molar-refractivity contribution in [1.82, 2.24) is 14.5 Å². The maximum atomic E-state index is 4.41. The van der Waals surface area contributed by atoms with E-state index in [2.05, 4.69) is 25.9 Å². The summed E-state index contributed by atoms with van der Waals surface area (Å²) in [4.78, 5) is 8.76. The Morgan fingerprint density at radius 2 is 2.15 bits per heavy atom. The number of imidazole rings is 1. The minimum Gasteiger partial charge on any atom is -0.307 e. The normalized spacial score (nSPS) is 11.0. The summed E-state index contributed by atoms with van der Waals surface area (Å²) in [5.41, 5.74) is 1.86. The zero-order valence-electron chi connectivity index (χ0n) is 7.28. The summed E-state index contributed by atoms with van der Waals surface area (Å²) in [6, 6.07) is 3.87. The highest BCUT2D eigenvalue weighted by Gasteiger charge is 2.07. The molecule has 0 N–H and O–H groups in total. The van der Waals surface area contributed by atoms with Crippen LogP contribution in [0.1, 0.15) is 0 Å². The van der Waals surface area contributed by atoms with E-state index in [4.69, 9.17) is 0 Å². The molecular formula is C8H8BrN3S. The quantitative estimate of drug-likeness (QED) is 0.581. The molecule has 0 aromatic carbocycles. The maximum absolute atomic E-state index is 4.41. The molecule has 0 fully saturated rings. The summed E-state index contributed by atoms with van der Waals surface area (Å²) < 4.78 is 2.83. The zero-order chi connectivity index (χ0) is 9.42. The van der Waals surface area contributed by atoms with Gasteiger partial charge in [0.1, 0.15) is 10.1 Å². The molecule has 68 valence electrons. The van der Waals surface area contributed by atoms with Crippen molar-refractivity contribution in [2.24, 2.45) is 7.05 Å². The van der Waals surface area contributed by atoms with Crippen LogP contribution in [0.5, 0.6) is 0 Å². The highest BCUT2D eigenvalue weighted by molar-refractivity contribution is 9.10. The number of nitrogens with zero attached hydrogens (tertiary/aromatic N) is 3. The molecule has 2 rings (SSSR count). The zero-order valence-corrected chi connectivity index (χ0v) is 9.69. The molecule has 0 spiro atoms. The molecule has 0 aliphatic rings. The third-order valence-electron chi connectivity index (χ3n) is 1.82. The van der Waals surface area contributed by atoms with Crippen LogP contribution in [-0.4, -0.2) is 20.8 Å². The first kappa shape index (κ1) is 9.02. The van der Waals surface area contributed by atoms with Gasteiger partial charge in [-0.15, -0.1) is 0 Å². The van der Waals surface area contributed by atoms with Gasteiger partial charge in [-0.1, -0.05) is 11.8 Å². The molecule has 13 heavy (non-hydrogen) atoms. The standard InChI is InChI=1S/C8H8BrN3S/c1-12-7-5(10-8(12)13-2)3-4-6(9)11-7/h3-4H,1-2H3. The van der Waals surface area contributed by atoms with Crippen molar-refractivity contribution in [3.8, 4) is 0 Å². The summed E-state index contributed by atoms with van der Waals surface area (Å²) in [5, 5.41) is 0.987. The molecule has 0 aliphatic carbocycles. The van der Waals surface area contributed by atoms with Crippen LogP contribution in [0.2, 0.25) is 0 Å². The van der Waals surface area contributed by atoms with Gasteiger partial charge in [-0.05, 0) is 34.3 Å². The average Bonchev–Trinajstić information content (AvgIpc) is 2.44. The molecule has 0 saturated carbocycles. The summed E-state index contributed by atoms with van der Waals surface area (Å²) >= 11 is 4.96. The van der Waals surface area contributed by atoms with Crippen molar-refractivity contribution >= 4 is 38.9 Å². The number of aromatic nitrogens is 3. The van der Waals surface area contributed by atoms with E-state index in [0.717, 1.165) is 20.9 Å². The SMILES string of the molecule is CSc1nc2ccc(Br)nc2n1C. The number of halogens is 1. The molecule has 0 bridgehead atoms. The van der Waals surface area contributed by atoms with Crippen LogP contribution < -0.4 is 0 Å². The summed E-state index contributed by atoms with van der Waals surface area (Å²) in [6.45, 7) is 0. The Morgan fingerprint density at radius 3 is 2.85 bits per heavy atom. The average molecular weight is 258 g/mol. The Labute approximate surface area is 88.7 Å². The molecule has 2 aromatic rings. The second-order valence-electron chi connectivity index (χ2n) is 2.63. The Morgan fingerprint density at radius 1 is 1.38 bits per heavy atom. The van der Waals surface area contributed by atoms with Crippen molar-refractivity contribution in [2.75, 3.05) is 6.26 Å². The van der Waals surface area contributed by atoms with Gasteiger partial charge in [-0.2, -0.15) is 0 Å². The highest BCUT2D eigenvalue weighted by atomic mass is 79.9. The van der Waals surface area contributed by atoms with Gasteiger partial charge >= 0.3 is 0 Å². The second kappa shape index (κ2) is 3.31. The van der Waals surface area contributed by atoms with E-state index in [1.807, 2.05) is 30.0 Å². The Hall–Kier alpha value is -0.550. The number of pyridine rings is 1. The van der Waals surface area contributed by atoms with Crippen LogP contribution in [-0.2, 0) is 7.05 Å². The van der Waals surface area contributed by atoms with Gasteiger partial charge in [0.05, 0.1) is 0 Å². The van der Waals surface area contributed by atoms with Crippen LogP contribution in [0.4, 0.5) is 0 Å². The Kier molecular flexibility index (Phi) is 2.29. The monoisotopic (exact) mass is 257 g/mol. The fraction of sp³-hybridized carbons (Fsp3) is 0.250. The largest absolute Gasteiger partial charge is 0.307 e. The molecule has 2 aromatic heterocycles. The molecule has 0 atom stereocenters.